The van der Waals surface area contributed by atoms with Gasteiger partial charge in [0.05, 0.1) is 19.5 Å². The number of aromatic nitrogens is 4. The van der Waals surface area contributed by atoms with Gasteiger partial charge in [-0.1, -0.05) is 0 Å². The van der Waals surface area contributed by atoms with E-state index < -0.39 is 70.0 Å². The van der Waals surface area contributed by atoms with Crippen molar-refractivity contribution in [3.63, 3.8) is 0 Å². The molecule has 2 aromatic heterocycles. The van der Waals surface area contributed by atoms with E-state index in [1.165, 1.54) is 17.2 Å². The molecule has 1 aliphatic rings. The summed E-state index contributed by atoms with van der Waals surface area (Å²) in [6.07, 6.45) is -9.33. The highest BCUT2D eigenvalue weighted by Crippen LogP contribution is 2.38. The summed E-state index contributed by atoms with van der Waals surface area (Å²) < 4.78 is 21.8. The molecule has 0 bridgehead atoms. The highest BCUT2D eigenvalue weighted by Gasteiger charge is 2.45. The zero-order valence-electron chi connectivity index (χ0n) is 17.7. The van der Waals surface area contributed by atoms with Crippen molar-refractivity contribution in [3.05, 3.63) is 12.7 Å². The SMILES string of the molecule is Nc1ncnc2c1ncn2[C@@H]1O[C@H](COP(=O)(O)O)[C@@H](O)[C@H]1O.O=C[C@H](O)[C@@H](O)[C@H](O)[C@H](O)CO. The molecule has 1 saturated heterocycles. The largest absolute Gasteiger partial charge is 0.469 e. The number of nitrogens with zero attached hydrogens (tertiary/aromatic N) is 4. The fourth-order valence-corrected chi connectivity index (χ4v) is 3.28. The van der Waals surface area contributed by atoms with Crippen LogP contribution in [0.1, 0.15) is 6.23 Å². The number of ether oxygens (including phenoxy) is 1. The molecule has 19 heteroatoms. The lowest BCUT2D eigenvalue weighted by Crippen LogP contribution is -2.46. The average Bonchev–Trinajstić information content (AvgIpc) is 3.37. The second-order valence-corrected chi connectivity index (χ2v) is 8.51. The van der Waals surface area contributed by atoms with Crippen LogP contribution in [-0.4, -0.2) is 127 Å². The molecule has 0 radical (unpaired) electrons. The lowest BCUT2D eigenvalue weighted by atomic mass is 10.0. The molecule has 2 aromatic rings. The number of hydrogen-bond donors (Lipinski definition) is 10. The minimum Gasteiger partial charge on any atom is -0.394 e. The summed E-state index contributed by atoms with van der Waals surface area (Å²) in [5.41, 5.74) is 6.25. The van der Waals surface area contributed by atoms with Gasteiger partial charge in [0.2, 0.25) is 0 Å². The first-order valence-corrected chi connectivity index (χ1v) is 11.3. The Bertz CT molecular complexity index is 1020. The smallest absolute Gasteiger partial charge is 0.394 e. The maximum Gasteiger partial charge on any atom is 0.469 e. The monoisotopic (exact) mass is 527 g/mol. The molecule has 1 aliphatic heterocycles. The van der Waals surface area contributed by atoms with Crippen LogP contribution in [0.4, 0.5) is 5.82 Å². The zero-order valence-corrected chi connectivity index (χ0v) is 18.6. The van der Waals surface area contributed by atoms with Gasteiger partial charge < -0.3 is 60.8 Å². The third-order valence-electron chi connectivity index (χ3n) is 4.83. The number of rotatable bonds is 9. The van der Waals surface area contributed by atoms with Crippen molar-refractivity contribution in [1.82, 2.24) is 19.5 Å². The Morgan fingerprint density at radius 1 is 1.14 bits per heavy atom. The number of hydrogen-bond acceptors (Lipinski definition) is 15. The molecule has 0 saturated carbocycles. The number of phosphoric acid groups is 1. The molecule has 0 unspecified atom stereocenters. The standard InChI is InChI=1S/C10H14N5O7P.C6H12O6/c11-8-5-9(13-2-12-8)15(3-14-5)10-7(17)6(16)4(22-10)1-21-23(18,19)20;7-1-3(9)5(11)6(12)4(10)2-8/h2-4,6-7,10,16-17H,1H2,(H2,11,12,13)(H2,18,19,20);1,3-6,8-12H,2H2/t4-,6-,7-,10-;3-,4+,5+,6+/m10/s1. The third-order valence-corrected chi connectivity index (χ3v) is 5.31. The van der Waals surface area contributed by atoms with Crippen molar-refractivity contribution in [3.8, 4) is 0 Å². The molecule has 11 N–H and O–H groups in total. The number of nitrogens with two attached hydrogens (primary N) is 1. The maximum absolute atomic E-state index is 10.7. The highest BCUT2D eigenvalue weighted by molar-refractivity contribution is 7.46. The molecule has 3 heterocycles. The van der Waals surface area contributed by atoms with Gasteiger partial charge in [0.15, 0.2) is 24.0 Å². The van der Waals surface area contributed by atoms with Crippen LogP contribution in [0, 0.1) is 0 Å². The molecule has 0 aromatic carbocycles. The summed E-state index contributed by atoms with van der Waals surface area (Å²) in [5.74, 6) is 0.142. The first kappa shape index (κ1) is 29.0. The molecule has 8 atom stereocenters. The summed E-state index contributed by atoms with van der Waals surface area (Å²) in [4.78, 5) is 39.1. The first-order chi connectivity index (χ1) is 16.3. The van der Waals surface area contributed by atoms with Gasteiger partial charge in [0.25, 0.3) is 0 Å². The van der Waals surface area contributed by atoms with Gasteiger partial charge in [0, 0.05) is 0 Å². The van der Waals surface area contributed by atoms with Gasteiger partial charge in [0.1, 0.15) is 54.6 Å². The maximum atomic E-state index is 10.7. The molecule has 0 amide bonds. The number of fused-ring (bicyclic) bond motifs is 1. The molecule has 18 nitrogen and oxygen atoms in total. The van der Waals surface area contributed by atoms with E-state index in [0.29, 0.717) is 5.52 Å². The summed E-state index contributed by atoms with van der Waals surface area (Å²) in [6.45, 7) is -1.35. The van der Waals surface area contributed by atoms with E-state index in [1.54, 1.807) is 0 Å². The van der Waals surface area contributed by atoms with Crippen LogP contribution in [0.25, 0.3) is 11.2 Å². The van der Waals surface area contributed by atoms with Crippen molar-refractivity contribution in [2.24, 2.45) is 0 Å². The number of phosphoric ester groups is 1. The summed E-state index contributed by atoms with van der Waals surface area (Å²) in [7, 11) is -4.72. The molecule has 35 heavy (non-hydrogen) atoms. The summed E-state index contributed by atoms with van der Waals surface area (Å²) in [5, 5.41) is 63.6. The Morgan fingerprint density at radius 2 is 1.80 bits per heavy atom. The van der Waals surface area contributed by atoms with E-state index in [4.69, 9.17) is 45.8 Å². The first-order valence-electron chi connectivity index (χ1n) is 9.75. The Morgan fingerprint density at radius 3 is 2.37 bits per heavy atom. The number of aldehydes is 1. The van der Waals surface area contributed by atoms with Crippen molar-refractivity contribution in [2.45, 2.75) is 49.0 Å². The predicted molar refractivity (Wildman–Crippen MR) is 111 cm³/mol. The van der Waals surface area contributed by atoms with Gasteiger partial charge >= 0.3 is 7.82 Å². The molecule has 0 aliphatic carbocycles. The fraction of sp³-hybridized carbons (Fsp3) is 0.625. The highest BCUT2D eigenvalue weighted by atomic mass is 31.2. The van der Waals surface area contributed by atoms with E-state index in [1.807, 2.05) is 0 Å². The second-order valence-electron chi connectivity index (χ2n) is 7.27. The second kappa shape index (κ2) is 12.2. The van der Waals surface area contributed by atoms with Gasteiger partial charge in [-0.25, -0.2) is 19.5 Å². The van der Waals surface area contributed by atoms with Gasteiger partial charge in [-0.2, -0.15) is 0 Å². The van der Waals surface area contributed by atoms with E-state index in [9.17, 15) is 19.6 Å². The van der Waals surface area contributed by atoms with E-state index in [-0.39, 0.29) is 17.8 Å². The summed E-state index contributed by atoms with van der Waals surface area (Å²) >= 11 is 0. The van der Waals surface area contributed by atoms with Crippen LogP contribution >= 0.6 is 7.82 Å². The minimum absolute atomic E-state index is 0.0258. The van der Waals surface area contributed by atoms with E-state index in [0.717, 1.165) is 0 Å². The zero-order chi connectivity index (χ0) is 26.5. The van der Waals surface area contributed by atoms with Crippen molar-refractivity contribution >= 4 is 31.1 Å². The van der Waals surface area contributed by atoms with E-state index in [2.05, 4.69) is 19.5 Å². The number of carbonyl (C=O) groups is 1. The Balaban J connectivity index is 0.000000307. The number of aliphatic hydroxyl groups excluding tert-OH is 7. The van der Waals surface area contributed by atoms with Gasteiger partial charge in [-0.3, -0.25) is 9.09 Å². The lowest BCUT2D eigenvalue weighted by Gasteiger charge is -2.22. The molecule has 3 rings (SSSR count). The molecule has 198 valence electrons. The summed E-state index contributed by atoms with van der Waals surface area (Å²) in [6, 6.07) is 0. The van der Waals surface area contributed by atoms with Crippen molar-refractivity contribution < 1.29 is 64.2 Å². The van der Waals surface area contributed by atoms with E-state index >= 15 is 0 Å². The van der Waals surface area contributed by atoms with Crippen LogP contribution in [0.3, 0.4) is 0 Å². The third kappa shape index (κ3) is 7.17. The van der Waals surface area contributed by atoms with Crippen LogP contribution in [0.2, 0.25) is 0 Å². The molecular formula is C16H26N5O13P. The Labute approximate surface area is 196 Å². The predicted octanol–water partition coefficient (Wildman–Crippen LogP) is -5.24. The van der Waals surface area contributed by atoms with Crippen molar-refractivity contribution in [1.29, 1.82) is 0 Å². The number of imidazole rings is 1. The van der Waals surface area contributed by atoms with Gasteiger partial charge in [-0.15, -0.1) is 0 Å². The number of carbonyl (C=O) groups excluding carboxylic acids is 1. The minimum atomic E-state index is -4.72. The lowest BCUT2D eigenvalue weighted by molar-refractivity contribution is -0.136. The number of anilines is 1. The average molecular weight is 527 g/mol. The van der Waals surface area contributed by atoms with Crippen LogP contribution in [-0.2, 0) is 18.6 Å². The van der Waals surface area contributed by atoms with Crippen LogP contribution < -0.4 is 5.73 Å². The fourth-order valence-electron chi connectivity index (χ4n) is 2.94. The molecule has 1 fully saturated rings. The Kier molecular flexibility index (Phi) is 10.1. The quantitative estimate of drug-likeness (QED) is 0.108. The molecule has 0 spiro atoms. The van der Waals surface area contributed by atoms with Crippen LogP contribution in [0.15, 0.2) is 12.7 Å². The normalized spacial score (nSPS) is 26.0. The number of aliphatic hydroxyl groups is 7. The Hall–Kier alpha value is -2.19. The topological polar surface area (TPSA) is 304 Å². The van der Waals surface area contributed by atoms with Crippen molar-refractivity contribution in [2.75, 3.05) is 18.9 Å². The van der Waals surface area contributed by atoms with Crippen LogP contribution in [0.5, 0.6) is 0 Å². The number of nitrogen functional groups attached to an aromatic ring is 1. The molecular weight excluding hydrogens is 501 g/mol. The van der Waals surface area contributed by atoms with Gasteiger partial charge in [-0.05, 0) is 0 Å².